The number of phenols is 2. The van der Waals surface area contributed by atoms with Gasteiger partial charge < -0.3 is 14.6 Å². The van der Waals surface area contributed by atoms with Gasteiger partial charge in [-0.25, -0.2) is 4.39 Å². The molecule has 3 aromatic rings. The SMILES string of the molecule is Cc1cc2cc(F)cc(-c3cc(O)ccc3O)c2o1. The third kappa shape index (κ3) is 1.91. The van der Waals surface area contributed by atoms with Crippen LogP contribution in [0.15, 0.2) is 40.8 Å². The van der Waals surface area contributed by atoms with Gasteiger partial charge in [0, 0.05) is 16.5 Å². The Morgan fingerprint density at radius 1 is 1.00 bits per heavy atom. The lowest BCUT2D eigenvalue weighted by atomic mass is 10.0. The second-order valence-electron chi connectivity index (χ2n) is 4.43. The molecular weight excluding hydrogens is 247 g/mol. The van der Waals surface area contributed by atoms with Crippen LogP contribution in [0.25, 0.3) is 22.1 Å². The summed E-state index contributed by atoms with van der Waals surface area (Å²) < 4.78 is 19.2. The van der Waals surface area contributed by atoms with Gasteiger partial charge in [0.05, 0.1) is 0 Å². The Kier molecular flexibility index (Phi) is 2.45. The van der Waals surface area contributed by atoms with Gasteiger partial charge in [-0.2, -0.15) is 0 Å². The molecule has 1 heterocycles. The molecule has 0 fully saturated rings. The van der Waals surface area contributed by atoms with E-state index in [1.165, 1.54) is 30.3 Å². The maximum absolute atomic E-state index is 13.6. The Balaban J connectivity index is 2.38. The van der Waals surface area contributed by atoms with Crippen molar-refractivity contribution in [3.8, 4) is 22.6 Å². The van der Waals surface area contributed by atoms with Gasteiger partial charge in [-0.1, -0.05) is 0 Å². The predicted octanol–water partition coefficient (Wildman–Crippen LogP) is 3.96. The maximum atomic E-state index is 13.6. The van der Waals surface area contributed by atoms with E-state index in [4.69, 9.17) is 4.42 Å². The van der Waals surface area contributed by atoms with Crippen LogP contribution in [0, 0.1) is 12.7 Å². The minimum absolute atomic E-state index is 0.00603. The lowest BCUT2D eigenvalue weighted by Gasteiger charge is -2.06. The molecule has 3 rings (SSSR count). The van der Waals surface area contributed by atoms with Crippen LogP contribution >= 0.6 is 0 Å². The Bertz CT molecular complexity index is 774. The minimum atomic E-state index is -0.425. The van der Waals surface area contributed by atoms with E-state index in [-0.39, 0.29) is 11.5 Å². The van der Waals surface area contributed by atoms with Crippen LogP contribution in [0.4, 0.5) is 4.39 Å². The van der Waals surface area contributed by atoms with Gasteiger partial charge in [0.2, 0.25) is 0 Å². The van der Waals surface area contributed by atoms with Crippen LogP contribution in [-0.4, -0.2) is 10.2 Å². The van der Waals surface area contributed by atoms with E-state index in [1.54, 1.807) is 13.0 Å². The summed E-state index contributed by atoms with van der Waals surface area (Å²) >= 11 is 0. The number of aromatic hydroxyl groups is 2. The quantitative estimate of drug-likeness (QED) is 0.649. The standard InChI is InChI=1S/C15H11FO3/c1-8-4-9-5-10(16)6-13(15(9)19-8)12-7-11(17)2-3-14(12)18/h2-7,17-18H,1H3. The Morgan fingerprint density at radius 3 is 2.58 bits per heavy atom. The first-order valence-electron chi connectivity index (χ1n) is 5.76. The summed E-state index contributed by atoms with van der Waals surface area (Å²) in [6.07, 6.45) is 0. The van der Waals surface area contributed by atoms with Crippen LogP contribution in [0.3, 0.4) is 0 Å². The molecule has 3 nitrogen and oxygen atoms in total. The summed E-state index contributed by atoms with van der Waals surface area (Å²) in [6, 6.07) is 8.47. The van der Waals surface area contributed by atoms with Gasteiger partial charge in [-0.05, 0) is 43.3 Å². The molecule has 0 aliphatic rings. The second-order valence-corrected chi connectivity index (χ2v) is 4.43. The molecule has 0 radical (unpaired) electrons. The topological polar surface area (TPSA) is 53.6 Å². The number of fused-ring (bicyclic) bond motifs is 1. The van der Waals surface area contributed by atoms with E-state index in [1.807, 2.05) is 0 Å². The van der Waals surface area contributed by atoms with Crippen LogP contribution in [0.5, 0.6) is 11.5 Å². The largest absolute Gasteiger partial charge is 0.508 e. The van der Waals surface area contributed by atoms with Gasteiger partial charge in [0.1, 0.15) is 28.7 Å². The first kappa shape index (κ1) is 11.6. The van der Waals surface area contributed by atoms with Crippen molar-refractivity contribution in [2.75, 3.05) is 0 Å². The van der Waals surface area contributed by atoms with E-state index in [9.17, 15) is 14.6 Å². The maximum Gasteiger partial charge on any atom is 0.142 e. The van der Waals surface area contributed by atoms with E-state index >= 15 is 0 Å². The van der Waals surface area contributed by atoms with Crippen LogP contribution < -0.4 is 0 Å². The molecule has 1 aromatic heterocycles. The Labute approximate surface area is 108 Å². The molecule has 0 bridgehead atoms. The highest BCUT2D eigenvalue weighted by atomic mass is 19.1. The first-order valence-corrected chi connectivity index (χ1v) is 5.76. The highest BCUT2D eigenvalue weighted by molar-refractivity contribution is 5.94. The van der Waals surface area contributed by atoms with Crippen LogP contribution in [-0.2, 0) is 0 Å². The molecule has 2 N–H and O–H groups in total. The number of rotatable bonds is 1. The number of hydrogen-bond acceptors (Lipinski definition) is 3. The number of hydrogen-bond donors (Lipinski definition) is 2. The molecule has 0 amide bonds. The fourth-order valence-electron chi connectivity index (χ4n) is 2.19. The van der Waals surface area contributed by atoms with Crippen molar-refractivity contribution < 1.29 is 19.0 Å². The number of phenolic OH excluding ortho intramolecular Hbond substituents is 2. The van der Waals surface area contributed by atoms with Gasteiger partial charge in [0.15, 0.2) is 0 Å². The molecule has 0 aliphatic carbocycles. The molecule has 0 spiro atoms. The first-order chi connectivity index (χ1) is 9.04. The highest BCUT2D eigenvalue weighted by Crippen LogP contribution is 2.38. The summed E-state index contributed by atoms with van der Waals surface area (Å²) in [5, 5.41) is 20.0. The zero-order chi connectivity index (χ0) is 13.6. The van der Waals surface area contributed by atoms with E-state index in [0.717, 1.165) is 0 Å². The van der Waals surface area contributed by atoms with Crippen molar-refractivity contribution >= 4 is 11.0 Å². The normalized spacial score (nSPS) is 11.1. The molecule has 0 unspecified atom stereocenters. The summed E-state index contributed by atoms with van der Waals surface area (Å²) in [6.45, 7) is 1.77. The van der Waals surface area contributed by atoms with Gasteiger partial charge in [-0.15, -0.1) is 0 Å². The lowest BCUT2D eigenvalue weighted by molar-refractivity contribution is 0.461. The number of halogens is 1. The monoisotopic (exact) mass is 258 g/mol. The van der Waals surface area contributed by atoms with E-state index in [0.29, 0.717) is 27.9 Å². The summed E-state index contributed by atoms with van der Waals surface area (Å²) in [5.41, 5.74) is 1.23. The smallest absolute Gasteiger partial charge is 0.142 e. The molecular formula is C15H11FO3. The van der Waals surface area contributed by atoms with Crippen LogP contribution in [0.2, 0.25) is 0 Å². The fourth-order valence-corrected chi connectivity index (χ4v) is 2.19. The van der Waals surface area contributed by atoms with Crippen molar-refractivity contribution in [1.82, 2.24) is 0 Å². The molecule has 0 saturated carbocycles. The number of furan rings is 1. The molecule has 0 saturated heterocycles. The van der Waals surface area contributed by atoms with Crippen molar-refractivity contribution in [2.45, 2.75) is 6.92 Å². The highest BCUT2D eigenvalue weighted by Gasteiger charge is 2.14. The van der Waals surface area contributed by atoms with Gasteiger partial charge in [-0.3, -0.25) is 0 Å². The molecule has 19 heavy (non-hydrogen) atoms. The van der Waals surface area contributed by atoms with Crippen LogP contribution in [0.1, 0.15) is 5.76 Å². The number of benzene rings is 2. The van der Waals surface area contributed by atoms with Gasteiger partial charge in [0.25, 0.3) is 0 Å². The minimum Gasteiger partial charge on any atom is -0.508 e. The van der Waals surface area contributed by atoms with Crippen molar-refractivity contribution in [3.05, 3.63) is 48.0 Å². The Morgan fingerprint density at radius 2 is 1.79 bits per heavy atom. The van der Waals surface area contributed by atoms with E-state index in [2.05, 4.69) is 0 Å². The summed E-state index contributed by atoms with van der Waals surface area (Å²) in [5.74, 6) is 0.180. The second kappa shape index (κ2) is 4.02. The van der Waals surface area contributed by atoms with Crippen molar-refractivity contribution in [2.24, 2.45) is 0 Å². The Hall–Kier alpha value is -2.49. The third-order valence-corrected chi connectivity index (χ3v) is 2.97. The van der Waals surface area contributed by atoms with E-state index < -0.39 is 5.82 Å². The average Bonchev–Trinajstić information content (AvgIpc) is 2.71. The molecule has 0 aliphatic heterocycles. The molecule has 4 heteroatoms. The van der Waals surface area contributed by atoms with Gasteiger partial charge >= 0.3 is 0 Å². The molecule has 0 atom stereocenters. The molecule has 2 aromatic carbocycles. The average molecular weight is 258 g/mol. The fraction of sp³-hybridized carbons (Fsp3) is 0.0667. The van der Waals surface area contributed by atoms with Crippen molar-refractivity contribution in [3.63, 3.8) is 0 Å². The zero-order valence-electron chi connectivity index (χ0n) is 10.1. The summed E-state index contributed by atoms with van der Waals surface area (Å²) in [7, 11) is 0. The predicted molar refractivity (Wildman–Crippen MR) is 69.7 cm³/mol. The zero-order valence-corrected chi connectivity index (χ0v) is 10.1. The number of aryl methyl sites for hydroxylation is 1. The summed E-state index contributed by atoms with van der Waals surface area (Å²) in [4.78, 5) is 0. The molecule has 96 valence electrons. The van der Waals surface area contributed by atoms with Crippen molar-refractivity contribution in [1.29, 1.82) is 0 Å². The third-order valence-electron chi connectivity index (χ3n) is 2.97. The lowest BCUT2D eigenvalue weighted by Crippen LogP contribution is -1.83.